The van der Waals surface area contributed by atoms with E-state index in [1.807, 2.05) is 24.3 Å². The van der Waals surface area contributed by atoms with Crippen LogP contribution in [0.3, 0.4) is 0 Å². The third-order valence-electron chi connectivity index (χ3n) is 2.89. The van der Waals surface area contributed by atoms with Crippen LogP contribution >= 0.6 is 0 Å². The minimum atomic E-state index is -0.780. The topological polar surface area (TPSA) is 120 Å². The quantitative estimate of drug-likeness (QED) is 0.256. The number of nitrogens with one attached hydrogen (secondary N) is 2. The summed E-state index contributed by atoms with van der Waals surface area (Å²) < 4.78 is 5.31. The molecular formula is C12H17N6O3+. The second-order valence-corrected chi connectivity index (χ2v) is 4.33. The lowest BCUT2D eigenvalue weighted by Gasteiger charge is -2.28. The van der Waals surface area contributed by atoms with Crippen molar-refractivity contribution in [3.63, 3.8) is 0 Å². The van der Waals surface area contributed by atoms with Gasteiger partial charge in [-0.3, -0.25) is 0 Å². The molecule has 1 aliphatic heterocycles. The van der Waals surface area contributed by atoms with Crippen molar-refractivity contribution >= 4 is 17.9 Å². The predicted molar refractivity (Wildman–Crippen MR) is 77.4 cm³/mol. The van der Waals surface area contributed by atoms with Crippen molar-refractivity contribution in [2.24, 2.45) is 10.8 Å². The van der Waals surface area contributed by atoms with Crippen molar-refractivity contribution in [3.05, 3.63) is 39.9 Å². The van der Waals surface area contributed by atoms with E-state index in [1.54, 1.807) is 11.6 Å². The van der Waals surface area contributed by atoms with Gasteiger partial charge in [-0.05, 0) is 24.3 Å². The van der Waals surface area contributed by atoms with E-state index in [-0.39, 0.29) is 5.96 Å². The van der Waals surface area contributed by atoms with E-state index in [1.165, 1.54) is 0 Å². The molecule has 4 N–H and O–H groups in total. The second kappa shape index (κ2) is 7.20. The Balaban J connectivity index is 1.94. The van der Waals surface area contributed by atoms with Crippen molar-refractivity contribution in [1.29, 1.82) is 0 Å². The molecule has 112 valence electrons. The number of hydrogen-bond donors (Lipinski definition) is 3. The van der Waals surface area contributed by atoms with Crippen molar-refractivity contribution in [3.8, 4) is 0 Å². The highest BCUT2D eigenvalue weighted by Gasteiger charge is 2.10. The first-order valence-electron chi connectivity index (χ1n) is 6.41. The minimum Gasteiger partial charge on any atom is -0.378 e. The number of nitrogens with two attached hydrogens (primary N) is 1. The van der Waals surface area contributed by atoms with Gasteiger partial charge in [0.2, 0.25) is 6.21 Å². The lowest BCUT2D eigenvalue weighted by atomic mass is 10.2. The van der Waals surface area contributed by atoms with E-state index in [2.05, 4.69) is 15.1 Å². The Kier molecular flexibility index (Phi) is 5.04. The molecule has 2 rings (SSSR count). The minimum absolute atomic E-state index is 0.318. The molecule has 0 radical (unpaired) electrons. The maximum Gasteiger partial charge on any atom is 0.319 e. The first-order valence-corrected chi connectivity index (χ1v) is 6.41. The van der Waals surface area contributed by atoms with Crippen LogP contribution in [0, 0.1) is 10.1 Å². The highest BCUT2D eigenvalue weighted by Crippen LogP contribution is 2.15. The molecule has 1 aliphatic rings. The number of morpholine rings is 1. The number of nitrogens with zero attached hydrogens (tertiary/aromatic N) is 3. The van der Waals surface area contributed by atoms with Crippen LogP contribution in [0.15, 0.2) is 29.4 Å². The Bertz CT molecular complexity index is 536. The van der Waals surface area contributed by atoms with Gasteiger partial charge in [0.25, 0.3) is 0 Å². The molecule has 0 amide bonds. The van der Waals surface area contributed by atoms with E-state index in [4.69, 9.17) is 10.5 Å². The van der Waals surface area contributed by atoms with Gasteiger partial charge in [0.05, 0.1) is 13.2 Å². The van der Waals surface area contributed by atoms with E-state index >= 15 is 0 Å². The van der Waals surface area contributed by atoms with Crippen molar-refractivity contribution in [1.82, 2.24) is 5.43 Å². The molecule has 0 bridgehead atoms. The lowest BCUT2D eigenvalue weighted by Crippen LogP contribution is -2.64. The van der Waals surface area contributed by atoms with E-state index in [0.717, 1.165) is 37.6 Å². The Morgan fingerprint density at radius 2 is 2.10 bits per heavy atom. The van der Waals surface area contributed by atoms with Crippen molar-refractivity contribution in [2.75, 3.05) is 31.2 Å². The molecule has 0 aromatic heterocycles. The van der Waals surface area contributed by atoms with Gasteiger partial charge in [0.15, 0.2) is 5.03 Å². The maximum absolute atomic E-state index is 10.1. The molecule has 0 atom stereocenters. The first kappa shape index (κ1) is 14.7. The molecule has 1 aromatic rings. The summed E-state index contributed by atoms with van der Waals surface area (Å²) in [7, 11) is 0. The first-order chi connectivity index (χ1) is 10.1. The van der Waals surface area contributed by atoms with Gasteiger partial charge in [0, 0.05) is 29.4 Å². The van der Waals surface area contributed by atoms with Crippen LogP contribution in [-0.4, -0.2) is 43.5 Å². The monoisotopic (exact) mass is 293 g/mol. The molecule has 21 heavy (non-hydrogen) atoms. The van der Waals surface area contributed by atoms with Crippen LogP contribution < -0.4 is 21.2 Å². The average Bonchev–Trinajstić information content (AvgIpc) is 2.48. The maximum atomic E-state index is 10.1. The number of anilines is 1. The number of hydrogen-bond acceptors (Lipinski definition) is 5. The summed E-state index contributed by atoms with van der Waals surface area (Å²) in [4.78, 5) is 12.4. The normalized spacial score (nSPS) is 16.2. The summed E-state index contributed by atoms with van der Waals surface area (Å²) in [5.74, 6) is -0.318. The summed E-state index contributed by atoms with van der Waals surface area (Å²) in [6, 6.07) is 7.84. The van der Waals surface area contributed by atoms with Crippen LogP contribution in [0.25, 0.3) is 0 Å². The molecule has 1 aromatic carbocycles. The Labute approximate surface area is 121 Å². The summed E-state index contributed by atoms with van der Waals surface area (Å²) in [6.45, 7) is 3.25. The van der Waals surface area contributed by atoms with Gasteiger partial charge in [0.1, 0.15) is 0 Å². The zero-order valence-corrected chi connectivity index (χ0v) is 11.4. The number of guanidine groups is 1. The summed E-state index contributed by atoms with van der Waals surface area (Å²) in [6.07, 6.45) is 1.59. The summed E-state index contributed by atoms with van der Waals surface area (Å²) in [5.41, 5.74) is 9.00. The molecule has 9 heteroatoms. The smallest absolute Gasteiger partial charge is 0.319 e. The summed E-state index contributed by atoms with van der Waals surface area (Å²) in [5, 5.41) is 15.5. The highest BCUT2D eigenvalue weighted by molar-refractivity contribution is 5.77. The van der Waals surface area contributed by atoms with Gasteiger partial charge >= 0.3 is 5.96 Å². The molecule has 1 heterocycles. The number of hydrazone groups is 1. The van der Waals surface area contributed by atoms with Gasteiger partial charge in [-0.25, -0.2) is 10.1 Å². The molecule has 0 spiro atoms. The largest absolute Gasteiger partial charge is 0.378 e. The Morgan fingerprint density at radius 3 is 2.71 bits per heavy atom. The van der Waals surface area contributed by atoms with Gasteiger partial charge in [-0.1, -0.05) is 5.43 Å². The number of ether oxygens (including phenoxy) is 1. The van der Waals surface area contributed by atoms with Crippen molar-refractivity contribution < 1.29 is 14.9 Å². The van der Waals surface area contributed by atoms with Crippen LogP contribution in [0.1, 0.15) is 5.56 Å². The van der Waals surface area contributed by atoms with Crippen LogP contribution in [0.2, 0.25) is 0 Å². The molecule has 1 fully saturated rings. The fourth-order valence-electron chi connectivity index (χ4n) is 1.90. The van der Waals surface area contributed by atoms with Gasteiger partial charge in [-0.15, -0.1) is 5.10 Å². The van der Waals surface area contributed by atoms with Crippen LogP contribution in [0.4, 0.5) is 5.69 Å². The summed E-state index contributed by atoms with van der Waals surface area (Å²) >= 11 is 0. The van der Waals surface area contributed by atoms with Gasteiger partial charge < -0.3 is 15.4 Å². The number of rotatable bonds is 4. The molecule has 1 saturated heterocycles. The predicted octanol–water partition coefficient (Wildman–Crippen LogP) is -1.97. The van der Waals surface area contributed by atoms with Crippen LogP contribution in [-0.2, 0) is 4.74 Å². The molecule has 0 aliphatic carbocycles. The average molecular weight is 293 g/mol. The molecule has 0 saturated carbocycles. The zero-order valence-electron chi connectivity index (χ0n) is 11.4. The highest BCUT2D eigenvalue weighted by atomic mass is 16.7. The molecule has 0 unspecified atom stereocenters. The Hall–Kier alpha value is -2.68. The standard InChI is InChI=1S/C12H16N6O3/c13-12(16-18(19)20)15-14-9-10-1-3-11(4-2-10)17-5-7-21-8-6-17/h1-4,9H,5-8H2,(H3,13,15,16)/p+1. The third-order valence-corrected chi connectivity index (χ3v) is 2.89. The third kappa shape index (κ3) is 4.73. The number of nitro groups is 1. The van der Waals surface area contributed by atoms with E-state index in [9.17, 15) is 10.1 Å². The molecular weight excluding hydrogens is 276 g/mol. The van der Waals surface area contributed by atoms with E-state index < -0.39 is 5.03 Å². The molecule has 9 nitrogen and oxygen atoms in total. The van der Waals surface area contributed by atoms with E-state index in [0.29, 0.717) is 0 Å². The fourth-order valence-corrected chi connectivity index (χ4v) is 1.90. The number of benzene rings is 1. The number of hydrazine groups is 1. The Morgan fingerprint density at radius 1 is 1.43 bits per heavy atom. The van der Waals surface area contributed by atoms with Crippen LogP contribution in [0.5, 0.6) is 0 Å². The van der Waals surface area contributed by atoms with Gasteiger partial charge in [-0.2, -0.15) is 0 Å². The fraction of sp³-hybridized carbons (Fsp3) is 0.333. The second-order valence-electron chi connectivity index (χ2n) is 4.33. The SMILES string of the molecule is NC(=N[NH+]=Cc1ccc(N2CCOCC2)cc1)N[N+](=O)[O-]. The lowest BCUT2D eigenvalue weighted by molar-refractivity contribution is -0.528. The zero-order chi connectivity index (χ0) is 15.1. The van der Waals surface area contributed by atoms with Crippen molar-refractivity contribution in [2.45, 2.75) is 0 Å².